The van der Waals surface area contributed by atoms with Gasteiger partial charge in [0.1, 0.15) is 18.1 Å². The van der Waals surface area contributed by atoms with E-state index in [2.05, 4.69) is 11.6 Å². The number of methoxy groups -OCH3 is 1. The number of ether oxygens (including phenoxy) is 4. The first-order chi connectivity index (χ1) is 17.0. The molecule has 0 saturated carbocycles. The fraction of sp³-hybridized carbons (Fsp3) is 0.179. The monoisotopic (exact) mass is 469 g/mol. The minimum Gasteiger partial charge on any atom is -0.493 e. The third-order valence-electron chi connectivity index (χ3n) is 5.83. The molecule has 0 aliphatic carbocycles. The molecule has 0 bridgehead atoms. The Morgan fingerprint density at radius 1 is 1.17 bits per heavy atom. The van der Waals surface area contributed by atoms with Crippen molar-refractivity contribution in [2.45, 2.75) is 19.3 Å². The van der Waals surface area contributed by atoms with Crippen molar-refractivity contribution in [3.63, 3.8) is 0 Å². The van der Waals surface area contributed by atoms with E-state index < -0.39 is 5.92 Å². The number of hydrogen-bond acceptors (Lipinski definition) is 7. The highest BCUT2D eigenvalue weighted by molar-refractivity contribution is 6.15. The number of carbonyl (C=O) groups excluding carboxylic acids is 2. The highest BCUT2D eigenvalue weighted by atomic mass is 16.5. The van der Waals surface area contributed by atoms with Crippen LogP contribution in [0.2, 0.25) is 0 Å². The molecule has 2 aromatic carbocycles. The van der Waals surface area contributed by atoms with Crippen LogP contribution < -0.4 is 18.9 Å². The Labute approximate surface area is 202 Å². The zero-order valence-electron chi connectivity index (χ0n) is 19.4. The maximum Gasteiger partial charge on any atom is 0.312 e. The zero-order valence-corrected chi connectivity index (χ0v) is 19.4. The van der Waals surface area contributed by atoms with Crippen molar-refractivity contribution in [3.05, 3.63) is 95.0 Å². The van der Waals surface area contributed by atoms with E-state index in [1.807, 2.05) is 25.1 Å². The average molecular weight is 469 g/mol. The Hall–Kier alpha value is -4.39. The number of para-hydroxylation sites is 1. The Morgan fingerprint density at radius 2 is 2.03 bits per heavy atom. The number of fused-ring (bicyclic) bond motifs is 3. The van der Waals surface area contributed by atoms with E-state index in [9.17, 15) is 9.59 Å². The molecule has 0 fully saturated rings. The van der Waals surface area contributed by atoms with Gasteiger partial charge < -0.3 is 18.9 Å². The molecule has 1 unspecified atom stereocenters. The van der Waals surface area contributed by atoms with Crippen LogP contribution in [0.3, 0.4) is 0 Å². The molecule has 0 N–H and O–H groups in total. The van der Waals surface area contributed by atoms with Gasteiger partial charge in [0.15, 0.2) is 17.3 Å². The van der Waals surface area contributed by atoms with Gasteiger partial charge in [0.05, 0.1) is 19.1 Å². The van der Waals surface area contributed by atoms with Crippen LogP contribution in [0.4, 0.5) is 0 Å². The molecule has 35 heavy (non-hydrogen) atoms. The van der Waals surface area contributed by atoms with E-state index in [0.29, 0.717) is 34.1 Å². The van der Waals surface area contributed by atoms with Crippen molar-refractivity contribution in [1.29, 1.82) is 0 Å². The molecule has 0 saturated heterocycles. The van der Waals surface area contributed by atoms with Crippen molar-refractivity contribution in [2.24, 2.45) is 0 Å². The van der Waals surface area contributed by atoms with Crippen LogP contribution >= 0.6 is 0 Å². The number of benzene rings is 2. The second-order valence-electron chi connectivity index (χ2n) is 8.44. The van der Waals surface area contributed by atoms with Gasteiger partial charge in [-0.1, -0.05) is 24.8 Å². The lowest BCUT2D eigenvalue weighted by Crippen LogP contribution is -2.22. The van der Waals surface area contributed by atoms with Crippen LogP contribution in [-0.4, -0.2) is 30.5 Å². The van der Waals surface area contributed by atoms with Gasteiger partial charge in [0, 0.05) is 29.4 Å². The van der Waals surface area contributed by atoms with Gasteiger partial charge in [-0.05, 0) is 48.4 Å². The molecule has 7 nitrogen and oxygen atoms in total. The first kappa shape index (κ1) is 22.4. The molecule has 2 aliphatic rings. The van der Waals surface area contributed by atoms with E-state index in [-0.39, 0.29) is 30.5 Å². The topological polar surface area (TPSA) is 84.0 Å². The normalized spacial score (nSPS) is 17.3. The smallest absolute Gasteiger partial charge is 0.312 e. The van der Waals surface area contributed by atoms with Crippen molar-refractivity contribution in [3.8, 4) is 23.0 Å². The number of pyridine rings is 1. The van der Waals surface area contributed by atoms with Gasteiger partial charge in [-0.25, -0.2) is 0 Å². The summed E-state index contributed by atoms with van der Waals surface area (Å²) in [6.07, 6.45) is 5.01. The second-order valence-corrected chi connectivity index (χ2v) is 8.44. The third-order valence-corrected chi connectivity index (χ3v) is 5.83. The Morgan fingerprint density at radius 3 is 2.77 bits per heavy atom. The number of rotatable bonds is 6. The summed E-state index contributed by atoms with van der Waals surface area (Å²) in [5.74, 6) is 0.868. The van der Waals surface area contributed by atoms with Gasteiger partial charge in [0.25, 0.3) is 0 Å². The van der Waals surface area contributed by atoms with Crippen molar-refractivity contribution in [1.82, 2.24) is 4.98 Å². The molecule has 3 heterocycles. The molecule has 5 rings (SSSR count). The first-order valence-corrected chi connectivity index (χ1v) is 11.1. The first-order valence-electron chi connectivity index (χ1n) is 11.1. The predicted molar refractivity (Wildman–Crippen MR) is 129 cm³/mol. The number of aromatic nitrogens is 1. The van der Waals surface area contributed by atoms with E-state index in [0.717, 1.165) is 16.7 Å². The molecular weight excluding hydrogens is 446 g/mol. The summed E-state index contributed by atoms with van der Waals surface area (Å²) < 4.78 is 23.3. The Balaban J connectivity index is 1.63. The van der Waals surface area contributed by atoms with Gasteiger partial charge in [0.2, 0.25) is 5.78 Å². The molecule has 3 aromatic rings. The largest absolute Gasteiger partial charge is 0.493 e. The number of hydrogen-bond donors (Lipinski definition) is 0. The van der Waals surface area contributed by atoms with Crippen LogP contribution in [0, 0.1) is 0 Å². The average Bonchev–Trinajstić information content (AvgIpc) is 3.17. The Bertz CT molecular complexity index is 1380. The summed E-state index contributed by atoms with van der Waals surface area (Å²) in [5.41, 5.74) is 3.35. The fourth-order valence-electron chi connectivity index (χ4n) is 4.30. The lowest BCUT2D eigenvalue weighted by molar-refractivity contribution is -0.135. The van der Waals surface area contributed by atoms with Crippen molar-refractivity contribution < 1.29 is 28.5 Å². The van der Waals surface area contributed by atoms with Gasteiger partial charge in [-0.3, -0.25) is 14.6 Å². The minimum atomic E-state index is -0.470. The van der Waals surface area contributed by atoms with Crippen LogP contribution in [0.1, 0.15) is 46.3 Å². The fourth-order valence-corrected chi connectivity index (χ4v) is 4.30. The predicted octanol–water partition coefficient (Wildman–Crippen LogP) is 5.10. The molecule has 0 radical (unpaired) electrons. The number of Topliss-reactive ketones (excluding diaryl/α,β-unsaturated/α-hetero) is 1. The maximum absolute atomic E-state index is 13.2. The standard InChI is InChI=1S/C28H23NO6/c1-16(2)15-33-27-18(7-4-8-22(27)32-3)20-13-24(30)34-21-10-9-19-26(31)23(35-28(19)25(20)21)12-17-6-5-11-29-14-17/h4-12,14,20H,1,13,15H2,2-3H3/b23-12-. The van der Waals surface area contributed by atoms with E-state index in [4.69, 9.17) is 18.9 Å². The Kier molecular flexibility index (Phi) is 5.82. The van der Waals surface area contributed by atoms with E-state index >= 15 is 0 Å². The lowest BCUT2D eigenvalue weighted by Gasteiger charge is -2.28. The summed E-state index contributed by atoms with van der Waals surface area (Å²) in [7, 11) is 1.56. The zero-order chi connectivity index (χ0) is 24.5. The van der Waals surface area contributed by atoms with Gasteiger partial charge in [-0.2, -0.15) is 0 Å². The van der Waals surface area contributed by atoms with Crippen molar-refractivity contribution in [2.75, 3.05) is 13.7 Å². The second kappa shape index (κ2) is 9.10. The van der Waals surface area contributed by atoms with E-state index in [1.165, 1.54) is 0 Å². The van der Waals surface area contributed by atoms with Crippen LogP contribution in [0.5, 0.6) is 23.0 Å². The maximum atomic E-state index is 13.2. The molecule has 1 aromatic heterocycles. The summed E-state index contributed by atoms with van der Waals surface area (Å²) in [6.45, 7) is 6.06. The third kappa shape index (κ3) is 4.17. The number of esters is 1. The van der Waals surface area contributed by atoms with Crippen LogP contribution in [0.25, 0.3) is 6.08 Å². The molecule has 176 valence electrons. The summed E-state index contributed by atoms with van der Waals surface area (Å²) in [4.78, 5) is 29.8. The lowest BCUT2D eigenvalue weighted by atomic mass is 9.84. The highest BCUT2D eigenvalue weighted by Crippen LogP contribution is 2.51. The van der Waals surface area contributed by atoms with Crippen LogP contribution in [0.15, 0.2) is 72.8 Å². The molecular formula is C28H23NO6. The molecule has 7 heteroatoms. The molecule has 0 spiro atoms. The molecule has 1 atom stereocenters. The number of ketones is 1. The highest BCUT2D eigenvalue weighted by Gasteiger charge is 2.39. The summed E-state index contributed by atoms with van der Waals surface area (Å²) in [6, 6.07) is 12.4. The number of carbonyl (C=O) groups is 2. The SMILES string of the molecule is C=C(C)COc1c(OC)cccc1C1CC(=O)Oc2ccc3c(c21)O/C(=C\c1cccnc1)C3=O. The summed E-state index contributed by atoms with van der Waals surface area (Å²) >= 11 is 0. The molecule has 0 amide bonds. The minimum absolute atomic E-state index is 0.0548. The summed E-state index contributed by atoms with van der Waals surface area (Å²) in [5, 5.41) is 0. The number of nitrogens with zero attached hydrogens (tertiary/aromatic N) is 1. The van der Waals surface area contributed by atoms with Crippen LogP contribution in [-0.2, 0) is 4.79 Å². The van der Waals surface area contributed by atoms with Gasteiger partial charge >= 0.3 is 5.97 Å². The van der Waals surface area contributed by atoms with E-state index in [1.54, 1.807) is 49.8 Å². The number of allylic oxidation sites excluding steroid dienone is 1. The van der Waals surface area contributed by atoms with Gasteiger partial charge in [-0.15, -0.1) is 0 Å². The molecule has 2 aliphatic heterocycles. The van der Waals surface area contributed by atoms with Crippen molar-refractivity contribution >= 4 is 17.8 Å². The quantitative estimate of drug-likeness (QED) is 0.215.